The summed E-state index contributed by atoms with van der Waals surface area (Å²) in [5, 5.41) is 2.63. The lowest BCUT2D eigenvalue weighted by atomic mass is 10.1. The molecule has 186 valence electrons. The zero-order valence-electron chi connectivity index (χ0n) is 19.9. The van der Waals surface area contributed by atoms with E-state index in [1.54, 1.807) is 28.6 Å². The maximum atomic E-state index is 14.1. The van der Waals surface area contributed by atoms with Crippen molar-refractivity contribution in [3.63, 3.8) is 0 Å². The second-order valence-corrected chi connectivity index (χ2v) is 10.3. The van der Waals surface area contributed by atoms with Crippen LogP contribution in [0.15, 0.2) is 30.5 Å². The smallest absolute Gasteiger partial charge is 0.410 e. The number of carbonyl (C=O) groups excluding carboxylic acids is 1. The van der Waals surface area contributed by atoms with Crippen LogP contribution in [0.1, 0.15) is 34.6 Å². The Morgan fingerprint density at radius 1 is 1.21 bits per heavy atom. The number of nitrogens with one attached hydrogen (secondary N) is 1. The van der Waals surface area contributed by atoms with Gasteiger partial charge in [0.05, 0.1) is 0 Å². The predicted molar refractivity (Wildman–Crippen MR) is 129 cm³/mol. The molecule has 1 amide bonds. The molecule has 1 aliphatic heterocycles. The van der Waals surface area contributed by atoms with Crippen LogP contribution >= 0.6 is 11.9 Å². The molecule has 2 aromatic heterocycles. The van der Waals surface area contributed by atoms with Gasteiger partial charge in [-0.05, 0) is 50.1 Å². The molecule has 34 heavy (non-hydrogen) atoms. The van der Waals surface area contributed by atoms with Crippen LogP contribution in [0.25, 0.3) is 11.1 Å². The van der Waals surface area contributed by atoms with Crippen molar-refractivity contribution in [2.75, 3.05) is 35.6 Å². The quantitative estimate of drug-likeness (QED) is 0.563. The van der Waals surface area contributed by atoms with E-state index in [4.69, 9.17) is 4.74 Å². The van der Waals surface area contributed by atoms with Crippen LogP contribution in [0, 0.1) is 0 Å². The van der Waals surface area contributed by atoms with Gasteiger partial charge in [-0.15, -0.1) is 0 Å². The Morgan fingerprint density at radius 2 is 1.94 bits per heavy atom. The monoisotopic (exact) mass is 497 g/mol. The molecule has 0 bridgehead atoms. The summed E-state index contributed by atoms with van der Waals surface area (Å²) in [4.78, 5) is 21.3. The summed E-state index contributed by atoms with van der Waals surface area (Å²) in [7, 11) is 0. The van der Waals surface area contributed by atoms with Gasteiger partial charge in [0.25, 0.3) is 0 Å². The van der Waals surface area contributed by atoms with Crippen molar-refractivity contribution in [1.29, 1.82) is 0 Å². The fourth-order valence-corrected chi connectivity index (χ4v) is 4.46. The van der Waals surface area contributed by atoms with Crippen molar-refractivity contribution >= 4 is 29.5 Å². The van der Waals surface area contributed by atoms with Crippen LogP contribution in [0.2, 0.25) is 0 Å². The molecule has 3 heterocycles. The highest BCUT2D eigenvalue weighted by Gasteiger charge is 2.47. The molecule has 2 aromatic rings. The number of anilines is 2. The molecule has 1 N–H and O–H groups in total. The number of piperazine rings is 1. The van der Waals surface area contributed by atoms with Gasteiger partial charge >= 0.3 is 6.18 Å². The van der Waals surface area contributed by atoms with Gasteiger partial charge in [0.1, 0.15) is 23.3 Å². The molecule has 0 spiro atoms. The fourth-order valence-electron chi connectivity index (χ4n) is 3.64. The van der Waals surface area contributed by atoms with Crippen LogP contribution < -0.4 is 15.0 Å². The average molecular weight is 498 g/mol. The summed E-state index contributed by atoms with van der Waals surface area (Å²) in [6.45, 7) is 9.35. The van der Waals surface area contributed by atoms with Crippen molar-refractivity contribution in [1.82, 2.24) is 14.3 Å². The summed E-state index contributed by atoms with van der Waals surface area (Å²) < 4.78 is 49.9. The van der Waals surface area contributed by atoms with Crippen molar-refractivity contribution in [3.8, 4) is 17.0 Å². The second-order valence-electron chi connectivity index (χ2n) is 8.93. The average Bonchev–Trinajstić information content (AvgIpc) is 2.71. The van der Waals surface area contributed by atoms with E-state index in [2.05, 4.69) is 15.3 Å². The SMILES string of the molecule is CCSN1CCN(c2cc(-c3ccnc(NC(C)=O)c3)cc(OC(C)(C)C)n2)C(C(F)(F)F)C1. The Labute approximate surface area is 202 Å². The summed E-state index contributed by atoms with van der Waals surface area (Å²) in [5.74, 6) is 1.20. The number of alkyl halides is 3. The Hall–Kier alpha value is -2.53. The predicted octanol–water partition coefficient (Wildman–Crippen LogP) is 5.00. The van der Waals surface area contributed by atoms with E-state index in [9.17, 15) is 18.0 Å². The van der Waals surface area contributed by atoms with Crippen LogP contribution in [-0.4, -0.2) is 63.4 Å². The first-order valence-corrected chi connectivity index (χ1v) is 12.0. The Balaban J connectivity index is 2.06. The van der Waals surface area contributed by atoms with E-state index in [-0.39, 0.29) is 30.7 Å². The maximum absolute atomic E-state index is 14.1. The van der Waals surface area contributed by atoms with E-state index >= 15 is 0 Å². The molecular weight excluding hydrogens is 467 g/mol. The third-order valence-corrected chi connectivity index (χ3v) is 5.88. The first-order chi connectivity index (χ1) is 15.9. The van der Waals surface area contributed by atoms with Crippen molar-refractivity contribution in [2.45, 2.75) is 52.4 Å². The van der Waals surface area contributed by atoms with Gasteiger partial charge in [-0.2, -0.15) is 18.2 Å². The largest absolute Gasteiger partial charge is 0.472 e. The van der Waals surface area contributed by atoms with E-state index in [1.165, 1.54) is 30.0 Å². The molecule has 1 unspecified atom stereocenters. The minimum Gasteiger partial charge on any atom is -0.472 e. The molecule has 0 aromatic carbocycles. The number of ether oxygens (including phenoxy) is 1. The maximum Gasteiger partial charge on any atom is 0.410 e. The number of amides is 1. The Bertz CT molecular complexity index is 1010. The highest BCUT2D eigenvalue weighted by molar-refractivity contribution is 7.96. The van der Waals surface area contributed by atoms with E-state index in [1.807, 2.05) is 27.7 Å². The minimum atomic E-state index is -4.43. The van der Waals surface area contributed by atoms with E-state index in [0.717, 1.165) is 0 Å². The first kappa shape index (κ1) is 26.1. The van der Waals surface area contributed by atoms with Crippen molar-refractivity contribution < 1.29 is 22.7 Å². The van der Waals surface area contributed by atoms with Crippen LogP contribution in [0.4, 0.5) is 24.8 Å². The van der Waals surface area contributed by atoms with E-state index in [0.29, 0.717) is 29.2 Å². The molecule has 0 saturated carbocycles. The number of rotatable bonds is 6. The highest BCUT2D eigenvalue weighted by atomic mass is 32.2. The van der Waals surface area contributed by atoms with Gasteiger partial charge < -0.3 is 15.0 Å². The van der Waals surface area contributed by atoms with Crippen LogP contribution in [0.5, 0.6) is 5.88 Å². The second kappa shape index (κ2) is 10.4. The third-order valence-electron chi connectivity index (χ3n) is 4.92. The molecular formula is C23H30F3N5O2S. The third kappa shape index (κ3) is 6.99. The van der Waals surface area contributed by atoms with E-state index < -0.39 is 17.8 Å². The van der Waals surface area contributed by atoms with Gasteiger partial charge in [0.2, 0.25) is 11.8 Å². The van der Waals surface area contributed by atoms with Crippen LogP contribution in [0.3, 0.4) is 0 Å². The number of nitrogens with zero attached hydrogens (tertiary/aromatic N) is 4. The zero-order chi connectivity index (χ0) is 25.1. The lowest BCUT2D eigenvalue weighted by Crippen LogP contribution is -2.58. The molecule has 0 radical (unpaired) electrons. The van der Waals surface area contributed by atoms with Gasteiger partial charge in [-0.25, -0.2) is 9.29 Å². The molecule has 1 atom stereocenters. The Kier molecular flexibility index (Phi) is 7.97. The molecule has 1 aliphatic rings. The zero-order valence-corrected chi connectivity index (χ0v) is 20.8. The fraction of sp³-hybridized carbons (Fsp3) is 0.522. The summed E-state index contributed by atoms with van der Waals surface area (Å²) in [6, 6.07) is 5.01. The van der Waals surface area contributed by atoms with Gasteiger partial charge in [0, 0.05) is 44.6 Å². The summed E-state index contributed by atoms with van der Waals surface area (Å²) >= 11 is 1.41. The molecule has 11 heteroatoms. The first-order valence-electron chi connectivity index (χ1n) is 11.0. The van der Waals surface area contributed by atoms with Crippen molar-refractivity contribution in [3.05, 3.63) is 30.5 Å². The standard InChI is InChI=1S/C23H30F3N5O2S/c1-6-34-30-9-10-31(18(14-30)23(24,25)26)20-12-17(13-21(29-20)33-22(3,4)5)16-7-8-27-19(11-16)28-15(2)32/h7-8,11-13,18H,6,9-10,14H2,1-5H3,(H,27,28,32). The highest BCUT2D eigenvalue weighted by Crippen LogP contribution is 2.36. The lowest BCUT2D eigenvalue weighted by Gasteiger charge is -2.42. The Morgan fingerprint density at radius 3 is 2.56 bits per heavy atom. The number of halogens is 3. The lowest BCUT2D eigenvalue weighted by molar-refractivity contribution is -0.153. The summed E-state index contributed by atoms with van der Waals surface area (Å²) in [6.07, 6.45) is -2.89. The van der Waals surface area contributed by atoms with Gasteiger partial charge in [-0.3, -0.25) is 4.79 Å². The normalized spacial score (nSPS) is 17.5. The molecule has 3 rings (SSSR count). The topological polar surface area (TPSA) is 70.6 Å². The number of aromatic nitrogens is 2. The summed E-state index contributed by atoms with van der Waals surface area (Å²) in [5.41, 5.74) is 0.692. The van der Waals surface area contributed by atoms with Gasteiger partial charge in [0.15, 0.2) is 0 Å². The van der Waals surface area contributed by atoms with Crippen molar-refractivity contribution in [2.24, 2.45) is 0 Å². The molecule has 7 nitrogen and oxygen atoms in total. The molecule has 1 saturated heterocycles. The number of hydrogen-bond donors (Lipinski definition) is 1. The van der Waals surface area contributed by atoms with Crippen LogP contribution in [-0.2, 0) is 4.79 Å². The number of carbonyl (C=O) groups is 1. The van der Waals surface area contributed by atoms with Gasteiger partial charge in [-0.1, -0.05) is 18.9 Å². The molecule has 0 aliphatic carbocycles. The number of pyridine rings is 2. The minimum absolute atomic E-state index is 0.148. The number of hydrogen-bond acceptors (Lipinski definition) is 7. The molecule has 1 fully saturated rings.